The Bertz CT molecular complexity index is 726. The summed E-state index contributed by atoms with van der Waals surface area (Å²) in [7, 11) is 0. The molecule has 0 saturated heterocycles. The van der Waals surface area contributed by atoms with E-state index in [0.29, 0.717) is 28.9 Å². The van der Waals surface area contributed by atoms with Gasteiger partial charge in [0.2, 0.25) is 0 Å². The van der Waals surface area contributed by atoms with E-state index < -0.39 is 5.97 Å². The number of carbonyl (C=O) groups excluding carboxylic acids is 1. The minimum atomic E-state index is -0.806. The Kier molecular flexibility index (Phi) is 3.51. The fraction of sp³-hybridized carbons (Fsp3) is 0.267. The van der Waals surface area contributed by atoms with E-state index in [1.54, 1.807) is 24.4 Å². The summed E-state index contributed by atoms with van der Waals surface area (Å²) in [6.07, 6.45) is 2.55. The van der Waals surface area contributed by atoms with Gasteiger partial charge in [-0.05, 0) is 37.1 Å². The smallest absolute Gasteiger partial charge is 0.306 e. The quantitative estimate of drug-likeness (QED) is 0.913. The number of nitrogens with one attached hydrogen (secondary N) is 1. The lowest BCUT2D eigenvalue weighted by Crippen LogP contribution is -2.46. The molecule has 0 aliphatic heterocycles. The number of carboxylic acid groups (broad SMARTS) is 1. The predicted molar refractivity (Wildman–Crippen MR) is 78.4 cm³/mol. The van der Waals surface area contributed by atoms with E-state index in [9.17, 15) is 9.59 Å². The number of halogens is 1. The molecule has 2 aromatic rings. The van der Waals surface area contributed by atoms with Gasteiger partial charge in [0, 0.05) is 17.6 Å². The Hall–Kier alpha value is -2.14. The highest BCUT2D eigenvalue weighted by atomic mass is 35.5. The number of carbonyl (C=O) groups is 2. The van der Waals surface area contributed by atoms with E-state index in [0.717, 1.165) is 5.39 Å². The molecule has 2 N–H and O–H groups in total. The molecule has 1 fully saturated rings. The molecular weight excluding hydrogens is 292 g/mol. The molecule has 0 bridgehead atoms. The first-order valence-electron chi connectivity index (χ1n) is 6.63. The van der Waals surface area contributed by atoms with Crippen LogP contribution in [0.2, 0.25) is 5.02 Å². The highest BCUT2D eigenvalue weighted by Gasteiger charge is 2.35. The lowest BCUT2D eigenvalue weighted by Gasteiger charge is -2.32. The third-order valence-corrected chi connectivity index (χ3v) is 4.11. The lowest BCUT2D eigenvalue weighted by atomic mass is 9.80. The van der Waals surface area contributed by atoms with Crippen LogP contribution in [0, 0.1) is 5.92 Å². The molecule has 108 valence electrons. The topological polar surface area (TPSA) is 79.3 Å². The van der Waals surface area contributed by atoms with E-state index >= 15 is 0 Å². The maximum Gasteiger partial charge on any atom is 0.306 e. The first kappa shape index (κ1) is 13.8. The van der Waals surface area contributed by atoms with Crippen molar-refractivity contribution in [3.05, 3.63) is 41.0 Å². The molecule has 0 radical (unpaired) electrons. The number of amides is 1. The summed E-state index contributed by atoms with van der Waals surface area (Å²) < 4.78 is 0. The van der Waals surface area contributed by atoms with Gasteiger partial charge in [0.15, 0.2) is 0 Å². The Morgan fingerprint density at radius 3 is 2.76 bits per heavy atom. The number of carboxylic acids is 1. The van der Waals surface area contributed by atoms with Crippen molar-refractivity contribution < 1.29 is 14.7 Å². The van der Waals surface area contributed by atoms with Crippen LogP contribution in [0.1, 0.15) is 23.2 Å². The summed E-state index contributed by atoms with van der Waals surface area (Å²) in [6.45, 7) is 0. The van der Waals surface area contributed by atoms with Crippen LogP contribution in [0.15, 0.2) is 30.5 Å². The summed E-state index contributed by atoms with van der Waals surface area (Å²) in [4.78, 5) is 27.3. The lowest BCUT2D eigenvalue weighted by molar-refractivity contribution is -0.145. The summed E-state index contributed by atoms with van der Waals surface area (Å²) in [5.41, 5.74) is 1.00. The molecule has 5 nitrogen and oxygen atoms in total. The van der Waals surface area contributed by atoms with Crippen LogP contribution in [0.4, 0.5) is 0 Å². The molecule has 1 aromatic carbocycles. The molecular formula is C15H13ClN2O3. The molecule has 0 atom stereocenters. The van der Waals surface area contributed by atoms with Crippen LogP contribution >= 0.6 is 11.6 Å². The van der Waals surface area contributed by atoms with Gasteiger partial charge in [0.1, 0.15) is 0 Å². The Balaban J connectivity index is 1.80. The standard InChI is InChI=1S/C15H13ClN2O3/c16-12-4-3-11(13-10(12)2-1-5-17-13)14(19)18-9-6-8(7-9)15(20)21/h1-5,8-9H,6-7H2,(H,18,19)(H,20,21). The van der Waals surface area contributed by atoms with Gasteiger partial charge in [0.05, 0.1) is 22.0 Å². The number of aliphatic carboxylic acids is 1. The first-order chi connectivity index (χ1) is 10.1. The normalized spacial score (nSPS) is 20.8. The average molecular weight is 305 g/mol. The molecule has 1 aliphatic rings. The zero-order valence-corrected chi connectivity index (χ0v) is 11.8. The number of benzene rings is 1. The average Bonchev–Trinajstić information content (AvgIpc) is 2.42. The van der Waals surface area contributed by atoms with Gasteiger partial charge in [0.25, 0.3) is 5.91 Å². The van der Waals surface area contributed by atoms with Crippen LogP contribution < -0.4 is 5.32 Å². The molecule has 1 saturated carbocycles. The maximum absolute atomic E-state index is 12.3. The second-order valence-corrected chi connectivity index (χ2v) is 5.58. The minimum Gasteiger partial charge on any atom is -0.481 e. The van der Waals surface area contributed by atoms with Crippen LogP contribution in [-0.2, 0) is 4.79 Å². The summed E-state index contributed by atoms with van der Waals surface area (Å²) in [5, 5.41) is 13.0. The van der Waals surface area contributed by atoms with Gasteiger partial charge in [-0.2, -0.15) is 0 Å². The number of rotatable bonds is 3. The molecule has 0 unspecified atom stereocenters. The highest BCUT2D eigenvalue weighted by Crippen LogP contribution is 2.29. The second kappa shape index (κ2) is 5.33. The molecule has 3 rings (SSSR count). The minimum absolute atomic E-state index is 0.0898. The van der Waals surface area contributed by atoms with E-state index in [-0.39, 0.29) is 17.9 Å². The van der Waals surface area contributed by atoms with Gasteiger partial charge in [-0.1, -0.05) is 11.6 Å². The van der Waals surface area contributed by atoms with Crippen molar-refractivity contribution in [3.8, 4) is 0 Å². The highest BCUT2D eigenvalue weighted by molar-refractivity contribution is 6.36. The fourth-order valence-electron chi connectivity index (χ4n) is 2.52. The Morgan fingerprint density at radius 1 is 1.29 bits per heavy atom. The maximum atomic E-state index is 12.3. The van der Waals surface area contributed by atoms with Crippen molar-refractivity contribution in [1.82, 2.24) is 10.3 Å². The molecule has 1 amide bonds. The van der Waals surface area contributed by atoms with Gasteiger partial charge >= 0.3 is 5.97 Å². The van der Waals surface area contributed by atoms with Gasteiger partial charge < -0.3 is 10.4 Å². The van der Waals surface area contributed by atoms with Crippen LogP contribution in [0.5, 0.6) is 0 Å². The summed E-state index contributed by atoms with van der Waals surface area (Å²) in [6, 6.07) is 6.79. The van der Waals surface area contributed by atoms with Crippen LogP contribution in [0.25, 0.3) is 10.9 Å². The molecule has 1 heterocycles. The molecule has 6 heteroatoms. The molecule has 21 heavy (non-hydrogen) atoms. The van der Waals surface area contributed by atoms with E-state index in [1.165, 1.54) is 0 Å². The number of nitrogens with zero attached hydrogens (tertiary/aromatic N) is 1. The largest absolute Gasteiger partial charge is 0.481 e. The Labute approximate surface area is 125 Å². The zero-order chi connectivity index (χ0) is 15.0. The van der Waals surface area contributed by atoms with Gasteiger partial charge in [-0.25, -0.2) is 0 Å². The number of fused-ring (bicyclic) bond motifs is 1. The first-order valence-corrected chi connectivity index (χ1v) is 7.01. The number of hydrogen-bond donors (Lipinski definition) is 2. The van der Waals surface area contributed by atoms with Crippen LogP contribution in [-0.4, -0.2) is 28.0 Å². The van der Waals surface area contributed by atoms with Crippen molar-refractivity contribution in [2.75, 3.05) is 0 Å². The van der Waals surface area contributed by atoms with E-state index in [1.807, 2.05) is 6.07 Å². The second-order valence-electron chi connectivity index (χ2n) is 5.17. The van der Waals surface area contributed by atoms with E-state index in [4.69, 9.17) is 16.7 Å². The van der Waals surface area contributed by atoms with Crippen molar-refractivity contribution in [3.63, 3.8) is 0 Å². The van der Waals surface area contributed by atoms with Gasteiger partial charge in [-0.3, -0.25) is 14.6 Å². The van der Waals surface area contributed by atoms with E-state index in [2.05, 4.69) is 10.3 Å². The van der Waals surface area contributed by atoms with Gasteiger partial charge in [-0.15, -0.1) is 0 Å². The SMILES string of the molecule is O=C(NC1CC(C(=O)O)C1)c1ccc(Cl)c2cccnc12. The zero-order valence-electron chi connectivity index (χ0n) is 11.0. The summed E-state index contributed by atoms with van der Waals surface area (Å²) >= 11 is 6.09. The molecule has 0 spiro atoms. The predicted octanol–water partition coefficient (Wildman–Crippen LogP) is 2.48. The monoisotopic (exact) mass is 304 g/mol. The number of aromatic nitrogens is 1. The molecule has 1 aliphatic carbocycles. The Morgan fingerprint density at radius 2 is 2.05 bits per heavy atom. The summed E-state index contributed by atoms with van der Waals surface area (Å²) in [5.74, 6) is -1.40. The van der Waals surface area contributed by atoms with Crippen LogP contribution in [0.3, 0.4) is 0 Å². The third-order valence-electron chi connectivity index (χ3n) is 3.78. The number of hydrogen-bond acceptors (Lipinski definition) is 3. The number of pyridine rings is 1. The molecule has 1 aromatic heterocycles. The van der Waals surface area contributed by atoms with Crippen molar-refractivity contribution in [2.45, 2.75) is 18.9 Å². The third kappa shape index (κ3) is 2.56. The fourth-order valence-corrected chi connectivity index (χ4v) is 2.74. The van der Waals surface area contributed by atoms with Crippen molar-refractivity contribution in [1.29, 1.82) is 0 Å². The van der Waals surface area contributed by atoms with Crippen molar-refractivity contribution in [2.24, 2.45) is 5.92 Å². The van der Waals surface area contributed by atoms with Crippen molar-refractivity contribution >= 4 is 34.4 Å².